The minimum atomic E-state index is -0.699. The molecule has 1 fully saturated rings. The number of H-pyrrole nitrogens is 1. The maximum Gasteiger partial charge on any atom is 0.235 e. The summed E-state index contributed by atoms with van der Waals surface area (Å²) >= 11 is 1.56. The first-order valence-electron chi connectivity index (χ1n) is 12.1. The van der Waals surface area contributed by atoms with Crippen LogP contribution >= 0.6 is 11.3 Å². The molecule has 7 nitrogen and oxygen atoms in total. The quantitative estimate of drug-likeness (QED) is 0.295. The van der Waals surface area contributed by atoms with Crippen LogP contribution in [0.3, 0.4) is 0 Å². The van der Waals surface area contributed by atoms with Crippen molar-refractivity contribution in [2.75, 3.05) is 13.2 Å². The summed E-state index contributed by atoms with van der Waals surface area (Å²) in [6, 6.07) is 12.3. The molecule has 1 saturated heterocycles. The van der Waals surface area contributed by atoms with E-state index in [0.29, 0.717) is 31.8 Å². The monoisotopic (exact) mass is 511 g/mol. The Balaban J connectivity index is 1.35. The number of pyridine rings is 1. The number of benzene rings is 1. The minimum absolute atomic E-state index is 0.0867. The number of amides is 1. The van der Waals surface area contributed by atoms with Crippen LogP contribution in [0.4, 0.5) is 0 Å². The molecule has 0 spiro atoms. The third kappa shape index (κ3) is 5.12. The summed E-state index contributed by atoms with van der Waals surface area (Å²) in [5.41, 5.74) is 11.1. The Bertz CT molecular complexity index is 1490. The van der Waals surface area contributed by atoms with Gasteiger partial charge in [-0.3, -0.25) is 4.79 Å². The smallest absolute Gasteiger partial charge is 0.235 e. The summed E-state index contributed by atoms with van der Waals surface area (Å²) in [5, 5.41) is 6.99. The number of fused-ring (bicyclic) bond motifs is 1. The zero-order valence-corrected chi connectivity index (χ0v) is 21.5. The van der Waals surface area contributed by atoms with E-state index in [1.165, 1.54) is 6.20 Å². The third-order valence-corrected chi connectivity index (χ3v) is 7.56. The normalized spacial score (nSPS) is 15.8. The van der Waals surface area contributed by atoms with Gasteiger partial charge in [-0.25, -0.2) is 9.97 Å². The van der Waals surface area contributed by atoms with E-state index in [1.54, 1.807) is 17.4 Å². The van der Waals surface area contributed by atoms with Gasteiger partial charge in [0.2, 0.25) is 5.91 Å². The van der Waals surface area contributed by atoms with Crippen LogP contribution in [0.15, 0.2) is 84.8 Å². The largest absolute Gasteiger partial charge is 0.404 e. The molecule has 0 radical (unpaired) electrons. The molecular formula is C29H29N5O2S. The minimum Gasteiger partial charge on any atom is -0.404 e. The zero-order valence-electron chi connectivity index (χ0n) is 20.7. The van der Waals surface area contributed by atoms with Crippen LogP contribution in [-0.2, 0) is 14.9 Å². The van der Waals surface area contributed by atoms with Crippen molar-refractivity contribution in [3.05, 3.63) is 101 Å². The van der Waals surface area contributed by atoms with Crippen LogP contribution in [0.2, 0.25) is 0 Å². The number of hydrogen-bond acceptors (Lipinski definition) is 6. The second-order valence-corrected chi connectivity index (χ2v) is 10.2. The third-order valence-electron chi connectivity index (χ3n) is 6.78. The second-order valence-electron chi connectivity index (χ2n) is 9.10. The predicted octanol–water partition coefficient (Wildman–Crippen LogP) is 5.23. The number of carbonyl (C=O) groups is 1. The van der Waals surface area contributed by atoms with E-state index in [2.05, 4.69) is 45.0 Å². The van der Waals surface area contributed by atoms with Gasteiger partial charge in [0.15, 0.2) is 0 Å². The molecule has 0 bridgehead atoms. The van der Waals surface area contributed by atoms with Gasteiger partial charge in [-0.05, 0) is 55.2 Å². The molecule has 5 rings (SSSR count). The Morgan fingerprint density at radius 3 is 2.68 bits per heavy atom. The van der Waals surface area contributed by atoms with Crippen molar-refractivity contribution in [2.45, 2.75) is 25.2 Å². The summed E-state index contributed by atoms with van der Waals surface area (Å²) in [5.74, 6) is -0.0867. The first-order chi connectivity index (χ1) is 18.0. The maximum absolute atomic E-state index is 13.7. The fourth-order valence-electron chi connectivity index (χ4n) is 4.67. The lowest BCUT2D eigenvalue weighted by molar-refractivity contribution is -0.129. The molecule has 4 aromatic rings. The molecule has 1 aliphatic heterocycles. The lowest BCUT2D eigenvalue weighted by Crippen LogP contribution is -2.47. The highest BCUT2D eigenvalue weighted by Gasteiger charge is 2.41. The average molecular weight is 512 g/mol. The summed E-state index contributed by atoms with van der Waals surface area (Å²) < 4.78 is 5.62. The molecule has 188 valence electrons. The van der Waals surface area contributed by atoms with Gasteiger partial charge in [-0.1, -0.05) is 30.8 Å². The van der Waals surface area contributed by atoms with Crippen molar-refractivity contribution < 1.29 is 9.53 Å². The van der Waals surface area contributed by atoms with Crippen LogP contribution in [0.5, 0.6) is 0 Å². The Morgan fingerprint density at radius 2 is 1.97 bits per heavy atom. The van der Waals surface area contributed by atoms with Crippen LogP contribution in [0, 0.1) is 6.92 Å². The van der Waals surface area contributed by atoms with Crippen molar-refractivity contribution in [1.82, 2.24) is 20.3 Å². The van der Waals surface area contributed by atoms with E-state index in [4.69, 9.17) is 10.5 Å². The van der Waals surface area contributed by atoms with Crippen LogP contribution in [-0.4, -0.2) is 34.1 Å². The summed E-state index contributed by atoms with van der Waals surface area (Å²) in [6.45, 7) is 7.04. The van der Waals surface area contributed by atoms with Crippen molar-refractivity contribution in [3.63, 3.8) is 0 Å². The summed E-state index contributed by atoms with van der Waals surface area (Å²) in [6.07, 6.45) is 10.0. The van der Waals surface area contributed by atoms with Crippen molar-refractivity contribution >= 4 is 33.9 Å². The molecule has 0 unspecified atom stereocenters. The fraction of sp³-hybridized carbons (Fsp3) is 0.207. The molecule has 0 saturated carbocycles. The Morgan fingerprint density at radius 1 is 1.19 bits per heavy atom. The molecule has 8 heteroatoms. The SMILES string of the molecule is C=C(/C=C\C(=C/N)c1csc(C)n1)NC(=O)C1(c2ccc(-c3cnc4[nH]ccc4c3)cc2)CCOCC1. The number of nitrogens with two attached hydrogens (primary N) is 1. The van der Waals surface area contributed by atoms with E-state index < -0.39 is 5.41 Å². The van der Waals surface area contributed by atoms with E-state index >= 15 is 0 Å². The van der Waals surface area contributed by atoms with Gasteiger partial charge in [-0.15, -0.1) is 11.3 Å². The second kappa shape index (κ2) is 10.5. The standard InChI is InChI=1S/C29H29N5O2S/c1-19(3-4-23(16-30)26-18-37-20(2)34-26)33-28(35)29(10-13-36-14-11-29)25-7-5-21(6-8-25)24-15-22-9-12-31-27(22)32-17-24/h3-9,12,15-18H,1,10-11,13-14,30H2,2H3,(H,31,32)(H,33,35)/b4-3-,23-16+. The summed E-state index contributed by atoms with van der Waals surface area (Å²) in [4.78, 5) is 25.7. The molecule has 4 heterocycles. The number of hydrogen-bond donors (Lipinski definition) is 3. The number of allylic oxidation sites excluding steroid dienone is 3. The zero-order chi connectivity index (χ0) is 25.8. The van der Waals surface area contributed by atoms with Gasteiger partial charge >= 0.3 is 0 Å². The lowest BCUT2D eigenvalue weighted by Gasteiger charge is -2.36. The molecular weight excluding hydrogens is 482 g/mol. The molecule has 0 aliphatic carbocycles. The van der Waals surface area contributed by atoms with Gasteiger partial charge in [0.1, 0.15) is 5.65 Å². The number of aromatic nitrogens is 3. The molecule has 0 atom stereocenters. The lowest BCUT2D eigenvalue weighted by atomic mass is 9.73. The average Bonchev–Trinajstić information content (AvgIpc) is 3.58. The number of nitrogens with one attached hydrogen (secondary N) is 2. The van der Waals surface area contributed by atoms with Gasteiger partial charge in [0, 0.05) is 59.4 Å². The van der Waals surface area contributed by atoms with E-state index in [9.17, 15) is 4.79 Å². The number of ether oxygens (including phenoxy) is 1. The van der Waals surface area contributed by atoms with E-state index in [-0.39, 0.29) is 5.91 Å². The predicted molar refractivity (Wildman–Crippen MR) is 149 cm³/mol. The highest BCUT2D eigenvalue weighted by atomic mass is 32.1. The first-order valence-corrected chi connectivity index (χ1v) is 13.0. The highest BCUT2D eigenvalue weighted by Crippen LogP contribution is 2.36. The molecule has 1 aliphatic rings. The number of nitrogens with zero attached hydrogens (tertiary/aromatic N) is 2. The Hall–Kier alpha value is -4.01. The van der Waals surface area contributed by atoms with Crippen molar-refractivity contribution in [1.29, 1.82) is 0 Å². The first kappa shape index (κ1) is 24.7. The van der Waals surface area contributed by atoms with Crippen LogP contribution < -0.4 is 11.1 Å². The van der Waals surface area contributed by atoms with Gasteiger partial charge < -0.3 is 20.8 Å². The molecule has 4 N–H and O–H groups in total. The van der Waals surface area contributed by atoms with Crippen molar-refractivity contribution in [2.24, 2.45) is 5.73 Å². The van der Waals surface area contributed by atoms with Crippen LogP contribution in [0.25, 0.3) is 27.7 Å². The van der Waals surface area contributed by atoms with Crippen LogP contribution in [0.1, 0.15) is 29.1 Å². The molecule has 1 amide bonds. The Labute approximate surface area is 219 Å². The molecule has 3 aromatic heterocycles. The topological polar surface area (TPSA) is 106 Å². The maximum atomic E-state index is 13.7. The van der Waals surface area contributed by atoms with Gasteiger partial charge in [0.05, 0.1) is 16.1 Å². The highest BCUT2D eigenvalue weighted by molar-refractivity contribution is 7.09. The number of aryl methyl sites for hydroxylation is 1. The van der Waals surface area contributed by atoms with Crippen molar-refractivity contribution in [3.8, 4) is 11.1 Å². The number of carbonyl (C=O) groups excluding carboxylic acids is 1. The van der Waals surface area contributed by atoms with E-state index in [0.717, 1.165) is 44.0 Å². The fourth-order valence-corrected chi connectivity index (χ4v) is 5.29. The molecule has 1 aromatic carbocycles. The van der Waals surface area contributed by atoms with Gasteiger partial charge in [-0.2, -0.15) is 0 Å². The Kier molecular flexibility index (Phi) is 7.03. The number of thiazole rings is 1. The molecule has 37 heavy (non-hydrogen) atoms. The number of aromatic amines is 1. The summed E-state index contributed by atoms with van der Waals surface area (Å²) in [7, 11) is 0. The number of rotatable bonds is 7. The van der Waals surface area contributed by atoms with E-state index in [1.807, 2.05) is 49.0 Å². The van der Waals surface area contributed by atoms with Gasteiger partial charge in [0.25, 0.3) is 0 Å².